The summed E-state index contributed by atoms with van der Waals surface area (Å²) < 4.78 is 0. The van der Waals surface area contributed by atoms with Gasteiger partial charge in [-0.05, 0) is 44.9 Å². The van der Waals surface area contributed by atoms with Crippen LogP contribution in [0.2, 0.25) is 0 Å². The Morgan fingerprint density at radius 1 is 1.06 bits per heavy atom. The van der Waals surface area contributed by atoms with E-state index in [1.54, 1.807) is 16.8 Å². The minimum atomic E-state index is -0.323. The summed E-state index contributed by atoms with van der Waals surface area (Å²) in [6.07, 6.45) is 11.5. The summed E-state index contributed by atoms with van der Waals surface area (Å²) in [7, 11) is 1.79. The van der Waals surface area contributed by atoms with E-state index in [4.69, 9.17) is 9.97 Å². The molecule has 0 aromatic carbocycles. The topological polar surface area (TPSA) is 110 Å². The molecule has 0 bridgehead atoms. The number of fused-ring (bicyclic) bond motifs is 1. The number of amides is 2. The van der Waals surface area contributed by atoms with Crippen LogP contribution in [0.25, 0.3) is 0 Å². The Balaban J connectivity index is 1.24. The quantitative estimate of drug-likeness (QED) is 0.679. The van der Waals surface area contributed by atoms with Crippen molar-refractivity contribution in [2.75, 3.05) is 43.4 Å². The number of anilines is 3. The monoisotopic (exact) mass is 478 g/mol. The fraction of sp³-hybridized carbons (Fsp3) is 0.640. The Morgan fingerprint density at radius 2 is 1.91 bits per heavy atom. The van der Waals surface area contributed by atoms with Crippen LogP contribution < -0.4 is 10.2 Å². The molecule has 2 aromatic heterocycles. The number of hydrogen-bond acceptors (Lipinski definition) is 7. The highest BCUT2D eigenvalue weighted by Crippen LogP contribution is 2.35. The molecule has 35 heavy (non-hydrogen) atoms. The minimum Gasteiger partial charge on any atom is -0.342 e. The van der Waals surface area contributed by atoms with Crippen LogP contribution in [-0.2, 0) is 22.4 Å². The molecule has 3 fully saturated rings. The van der Waals surface area contributed by atoms with Crippen LogP contribution >= 0.6 is 0 Å². The third-order valence-electron chi connectivity index (χ3n) is 8.11. The Hall–Kier alpha value is -3.17. The molecule has 2 amide bonds. The maximum atomic E-state index is 13.4. The van der Waals surface area contributed by atoms with Crippen LogP contribution in [0.1, 0.15) is 67.8 Å². The van der Waals surface area contributed by atoms with Gasteiger partial charge in [0.2, 0.25) is 23.7 Å². The van der Waals surface area contributed by atoms with Crippen molar-refractivity contribution in [1.29, 1.82) is 0 Å². The lowest BCUT2D eigenvalue weighted by Crippen LogP contribution is -2.55. The number of hydrogen-bond donors (Lipinski definition) is 2. The molecule has 2 saturated heterocycles. The van der Waals surface area contributed by atoms with E-state index < -0.39 is 0 Å². The number of imidazole rings is 1. The average Bonchev–Trinajstić information content (AvgIpc) is 3.67. The van der Waals surface area contributed by atoms with Crippen molar-refractivity contribution in [3.8, 4) is 0 Å². The molecule has 6 rings (SSSR count). The van der Waals surface area contributed by atoms with Crippen molar-refractivity contribution in [2.24, 2.45) is 0 Å². The Morgan fingerprint density at radius 3 is 2.74 bits per heavy atom. The molecule has 0 radical (unpaired) electrons. The van der Waals surface area contributed by atoms with Gasteiger partial charge in [0.15, 0.2) is 0 Å². The number of piperazine rings is 1. The van der Waals surface area contributed by atoms with Crippen LogP contribution in [-0.4, -0.2) is 80.8 Å². The summed E-state index contributed by atoms with van der Waals surface area (Å²) in [5.74, 6) is 2.69. The molecule has 186 valence electrons. The molecule has 1 saturated carbocycles. The molecule has 2 aliphatic heterocycles. The Bertz CT molecular complexity index is 1120. The van der Waals surface area contributed by atoms with Gasteiger partial charge in [0.1, 0.15) is 11.9 Å². The summed E-state index contributed by atoms with van der Waals surface area (Å²) in [4.78, 5) is 48.9. The first kappa shape index (κ1) is 22.3. The van der Waals surface area contributed by atoms with Crippen LogP contribution in [0.15, 0.2) is 6.20 Å². The second kappa shape index (κ2) is 9.13. The number of nitrogens with zero attached hydrogens (tertiary/aromatic N) is 6. The van der Waals surface area contributed by atoms with Gasteiger partial charge >= 0.3 is 0 Å². The van der Waals surface area contributed by atoms with Crippen molar-refractivity contribution in [2.45, 2.75) is 69.7 Å². The number of likely N-dealkylation sites (N-methyl/N-ethyl adjacent to an activating group) is 1. The first-order chi connectivity index (χ1) is 17.1. The van der Waals surface area contributed by atoms with Crippen LogP contribution in [0.5, 0.6) is 0 Å². The van der Waals surface area contributed by atoms with E-state index in [1.807, 2.05) is 11.1 Å². The number of aryl methyl sites for hydroxylation is 1. The first-order valence-corrected chi connectivity index (χ1v) is 13.1. The van der Waals surface area contributed by atoms with Crippen molar-refractivity contribution >= 4 is 29.5 Å². The van der Waals surface area contributed by atoms with Crippen LogP contribution in [0, 0.1) is 0 Å². The van der Waals surface area contributed by atoms with Crippen molar-refractivity contribution in [1.82, 2.24) is 29.7 Å². The molecule has 10 heteroatoms. The van der Waals surface area contributed by atoms with Crippen LogP contribution in [0.3, 0.4) is 0 Å². The van der Waals surface area contributed by atoms with Gasteiger partial charge in [0.25, 0.3) is 0 Å². The molecular weight excluding hydrogens is 444 g/mol. The molecule has 0 spiro atoms. The largest absolute Gasteiger partial charge is 0.342 e. The summed E-state index contributed by atoms with van der Waals surface area (Å²) >= 11 is 0. The number of aromatic nitrogens is 4. The Kier molecular flexibility index (Phi) is 5.82. The number of aromatic amines is 1. The first-order valence-electron chi connectivity index (χ1n) is 13.1. The molecule has 2 N–H and O–H groups in total. The number of carbonyl (C=O) groups excluding carboxylic acids is 2. The zero-order valence-electron chi connectivity index (χ0n) is 20.4. The third kappa shape index (κ3) is 4.23. The lowest BCUT2D eigenvalue weighted by molar-refractivity contribution is -0.144. The lowest BCUT2D eigenvalue weighted by atomic mass is 10.1. The van der Waals surface area contributed by atoms with Gasteiger partial charge < -0.3 is 25.0 Å². The van der Waals surface area contributed by atoms with Gasteiger partial charge in [-0.2, -0.15) is 4.98 Å². The van der Waals surface area contributed by atoms with Gasteiger partial charge in [-0.25, -0.2) is 9.97 Å². The van der Waals surface area contributed by atoms with Gasteiger partial charge in [0.05, 0.1) is 18.4 Å². The number of H-pyrrole nitrogens is 1. The van der Waals surface area contributed by atoms with E-state index in [1.165, 1.54) is 31.4 Å². The number of rotatable bonds is 5. The zero-order chi connectivity index (χ0) is 23.9. The van der Waals surface area contributed by atoms with Crippen LogP contribution in [0.4, 0.5) is 17.7 Å². The normalized spacial score (nSPS) is 22.8. The van der Waals surface area contributed by atoms with Gasteiger partial charge in [-0.15, -0.1) is 0 Å². The molecular formula is C25H34N8O2. The highest BCUT2D eigenvalue weighted by atomic mass is 16.2. The van der Waals surface area contributed by atoms with E-state index in [-0.39, 0.29) is 24.4 Å². The maximum absolute atomic E-state index is 13.4. The number of nitrogens with one attached hydrogen (secondary N) is 2. The molecule has 1 atom stereocenters. The average molecular weight is 479 g/mol. The summed E-state index contributed by atoms with van der Waals surface area (Å²) in [6, 6.07) is -0.323. The maximum Gasteiger partial charge on any atom is 0.245 e. The standard InChI is InChI=1S/C25H34N8O2/c1-31-12-13-32(15-21(31)34)23(35)20-10-5-11-33(20)25-28-18-9-4-8-17(18)22(30-25)29-24-26-14-19(27-24)16-6-2-3-7-16/h14,16,20H,2-13,15H2,1H3,(H2,26,27,28,29,30)/t20-/m0/s1. The summed E-state index contributed by atoms with van der Waals surface area (Å²) in [6.45, 7) is 2.04. The van der Waals surface area contributed by atoms with E-state index in [0.29, 0.717) is 25.0 Å². The zero-order valence-corrected chi connectivity index (χ0v) is 20.4. The predicted octanol–water partition coefficient (Wildman–Crippen LogP) is 2.36. The molecule has 2 aromatic rings. The van der Waals surface area contributed by atoms with Crippen molar-refractivity contribution in [3.05, 3.63) is 23.1 Å². The van der Waals surface area contributed by atoms with E-state index >= 15 is 0 Å². The predicted molar refractivity (Wildman–Crippen MR) is 132 cm³/mol. The summed E-state index contributed by atoms with van der Waals surface area (Å²) in [5.41, 5.74) is 3.41. The van der Waals surface area contributed by atoms with E-state index in [2.05, 4.69) is 15.3 Å². The van der Waals surface area contributed by atoms with Gasteiger partial charge in [-0.3, -0.25) is 9.59 Å². The fourth-order valence-corrected chi connectivity index (χ4v) is 6.03. The highest BCUT2D eigenvalue weighted by molar-refractivity contribution is 5.90. The molecule has 4 aliphatic rings. The molecule has 2 aliphatic carbocycles. The molecule has 0 unspecified atom stereocenters. The summed E-state index contributed by atoms with van der Waals surface area (Å²) in [5, 5.41) is 3.44. The van der Waals surface area contributed by atoms with Crippen molar-refractivity contribution in [3.63, 3.8) is 0 Å². The molecule has 4 heterocycles. The number of carbonyl (C=O) groups is 2. The van der Waals surface area contributed by atoms with Gasteiger partial charge in [-0.1, -0.05) is 12.8 Å². The highest BCUT2D eigenvalue weighted by Gasteiger charge is 2.38. The Labute approximate surface area is 205 Å². The smallest absolute Gasteiger partial charge is 0.245 e. The van der Waals surface area contributed by atoms with E-state index in [9.17, 15) is 9.59 Å². The molecule has 10 nitrogen and oxygen atoms in total. The lowest BCUT2D eigenvalue weighted by Gasteiger charge is -2.35. The second-order valence-corrected chi connectivity index (χ2v) is 10.4. The van der Waals surface area contributed by atoms with Gasteiger partial charge in [0, 0.05) is 43.9 Å². The SMILES string of the molecule is CN1CCN(C(=O)[C@@H]2CCCN2c2nc3c(c(Nc4ncc(C5CCCC5)[nH]4)n2)CCC3)CC1=O. The van der Waals surface area contributed by atoms with E-state index in [0.717, 1.165) is 61.7 Å². The fourth-order valence-electron chi connectivity index (χ4n) is 6.03. The van der Waals surface area contributed by atoms with Crippen molar-refractivity contribution < 1.29 is 9.59 Å². The third-order valence-corrected chi connectivity index (χ3v) is 8.11. The second-order valence-electron chi connectivity index (χ2n) is 10.4. The minimum absolute atomic E-state index is 0.00907.